The molecule has 2 heteroatoms. The van der Waals surface area contributed by atoms with Crippen molar-refractivity contribution in [1.82, 2.24) is 4.90 Å². The summed E-state index contributed by atoms with van der Waals surface area (Å²) in [4.78, 5) is 14.3. The molecule has 0 radical (unpaired) electrons. The Morgan fingerprint density at radius 1 is 0.941 bits per heavy atom. The zero-order valence-electron chi connectivity index (χ0n) is 12.5. The molecule has 0 saturated heterocycles. The molecule has 0 heterocycles. The second-order valence-electron chi connectivity index (χ2n) is 6.18. The average molecular weight is 241 g/mol. The van der Waals surface area contributed by atoms with Crippen LogP contribution >= 0.6 is 0 Å². The molecule has 0 fully saturated rings. The maximum absolute atomic E-state index is 12.2. The van der Waals surface area contributed by atoms with E-state index in [1.807, 2.05) is 0 Å². The van der Waals surface area contributed by atoms with Gasteiger partial charge in [0.1, 0.15) is 0 Å². The first kappa shape index (κ1) is 16.5. The number of carbonyl (C=O) groups excluding carboxylic acids is 1. The van der Waals surface area contributed by atoms with Gasteiger partial charge >= 0.3 is 0 Å². The Hall–Kier alpha value is -0.530. The average Bonchev–Trinajstić information content (AvgIpc) is 2.20. The van der Waals surface area contributed by atoms with Gasteiger partial charge in [0.15, 0.2) is 0 Å². The Labute approximate surface area is 108 Å². The number of nitrogens with zero attached hydrogens (tertiary/aromatic N) is 1. The molecule has 0 rings (SSSR count). The number of hydrogen-bond donors (Lipinski definition) is 0. The fourth-order valence-electron chi connectivity index (χ4n) is 1.83. The number of amides is 1. The van der Waals surface area contributed by atoms with Crippen LogP contribution in [0.1, 0.15) is 73.1 Å². The monoisotopic (exact) mass is 241 g/mol. The van der Waals surface area contributed by atoms with Crippen LogP contribution in [0.3, 0.4) is 0 Å². The summed E-state index contributed by atoms with van der Waals surface area (Å²) in [5, 5.41) is 0. The Morgan fingerprint density at radius 3 is 1.94 bits per heavy atom. The second kappa shape index (κ2) is 8.54. The summed E-state index contributed by atoms with van der Waals surface area (Å²) in [7, 11) is 0. The topological polar surface area (TPSA) is 20.3 Å². The predicted molar refractivity (Wildman–Crippen MR) is 75.1 cm³/mol. The molecule has 0 aromatic carbocycles. The highest BCUT2D eigenvalue weighted by Gasteiger charge is 2.20. The van der Waals surface area contributed by atoms with Crippen molar-refractivity contribution in [3.05, 3.63) is 0 Å². The molecule has 0 bridgehead atoms. The third-order valence-corrected chi connectivity index (χ3v) is 2.85. The van der Waals surface area contributed by atoms with E-state index < -0.39 is 0 Å². The molecule has 0 aromatic rings. The Kier molecular flexibility index (Phi) is 8.28. The van der Waals surface area contributed by atoms with E-state index in [-0.39, 0.29) is 5.41 Å². The van der Waals surface area contributed by atoms with Crippen molar-refractivity contribution >= 4 is 5.91 Å². The van der Waals surface area contributed by atoms with Crippen LogP contribution in [0.4, 0.5) is 0 Å². The van der Waals surface area contributed by atoms with Gasteiger partial charge in [0.2, 0.25) is 5.91 Å². The van der Waals surface area contributed by atoms with E-state index in [1.54, 1.807) is 0 Å². The maximum atomic E-state index is 12.2. The molecule has 0 N–H and O–H groups in total. The lowest BCUT2D eigenvalue weighted by Crippen LogP contribution is -2.35. The lowest BCUT2D eigenvalue weighted by Gasteiger charge is -2.26. The number of unbranched alkanes of at least 4 members (excludes halogenated alkanes) is 3. The van der Waals surface area contributed by atoms with Gasteiger partial charge in [0, 0.05) is 19.5 Å². The van der Waals surface area contributed by atoms with E-state index in [2.05, 4.69) is 39.5 Å². The van der Waals surface area contributed by atoms with Crippen LogP contribution in [-0.2, 0) is 4.79 Å². The largest absolute Gasteiger partial charge is 0.343 e. The SMILES string of the molecule is CCCCCN(CCCC)C(=O)CC(C)(C)C. The molecule has 0 aromatic heterocycles. The first-order valence-corrected chi connectivity index (χ1v) is 7.18. The minimum absolute atomic E-state index is 0.103. The molecule has 102 valence electrons. The number of rotatable bonds is 8. The quantitative estimate of drug-likeness (QED) is 0.582. The van der Waals surface area contributed by atoms with Crippen molar-refractivity contribution in [2.24, 2.45) is 5.41 Å². The van der Waals surface area contributed by atoms with Crippen molar-refractivity contribution in [1.29, 1.82) is 0 Å². The van der Waals surface area contributed by atoms with Gasteiger partial charge in [0.05, 0.1) is 0 Å². The van der Waals surface area contributed by atoms with Gasteiger partial charge in [-0.05, 0) is 18.3 Å². The Bertz CT molecular complexity index is 205. The fourth-order valence-corrected chi connectivity index (χ4v) is 1.83. The van der Waals surface area contributed by atoms with Gasteiger partial charge in [-0.3, -0.25) is 4.79 Å². The molecule has 1 amide bonds. The van der Waals surface area contributed by atoms with E-state index >= 15 is 0 Å². The van der Waals surface area contributed by atoms with Gasteiger partial charge in [0.25, 0.3) is 0 Å². The van der Waals surface area contributed by atoms with Crippen molar-refractivity contribution < 1.29 is 4.79 Å². The van der Waals surface area contributed by atoms with Gasteiger partial charge < -0.3 is 4.90 Å². The van der Waals surface area contributed by atoms with E-state index in [0.29, 0.717) is 12.3 Å². The molecule has 0 spiro atoms. The highest BCUT2D eigenvalue weighted by atomic mass is 16.2. The van der Waals surface area contributed by atoms with Crippen LogP contribution < -0.4 is 0 Å². The molecule has 0 saturated carbocycles. The number of hydrogen-bond acceptors (Lipinski definition) is 1. The lowest BCUT2D eigenvalue weighted by atomic mass is 9.91. The summed E-state index contributed by atoms with van der Waals surface area (Å²) < 4.78 is 0. The molecule has 2 nitrogen and oxygen atoms in total. The van der Waals surface area contributed by atoms with E-state index in [1.165, 1.54) is 12.8 Å². The lowest BCUT2D eigenvalue weighted by molar-refractivity contribution is -0.133. The van der Waals surface area contributed by atoms with Gasteiger partial charge in [-0.1, -0.05) is 53.9 Å². The van der Waals surface area contributed by atoms with Crippen LogP contribution in [0, 0.1) is 5.41 Å². The predicted octanol–water partition coefficient (Wildman–Crippen LogP) is 4.24. The van der Waals surface area contributed by atoms with E-state index in [9.17, 15) is 4.79 Å². The third kappa shape index (κ3) is 9.20. The van der Waals surface area contributed by atoms with Gasteiger partial charge in [-0.15, -0.1) is 0 Å². The first-order chi connectivity index (χ1) is 7.90. The summed E-state index contributed by atoms with van der Waals surface area (Å²) in [5.74, 6) is 0.335. The fraction of sp³-hybridized carbons (Fsp3) is 0.933. The van der Waals surface area contributed by atoms with Gasteiger partial charge in [-0.25, -0.2) is 0 Å². The molecule has 0 aliphatic carbocycles. The zero-order chi connectivity index (χ0) is 13.3. The third-order valence-electron chi connectivity index (χ3n) is 2.85. The molecular formula is C15H31NO. The molecule has 17 heavy (non-hydrogen) atoms. The molecule has 0 atom stereocenters. The van der Waals surface area contributed by atoms with Crippen LogP contribution in [0.2, 0.25) is 0 Å². The van der Waals surface area contributed by atoms with Crippen LogP contribution in [-0.4, -0.2) is 23.9 Å². The first-order valence-electron chi connectivity index (χ1n) is 7.18. The Balaban J connectivity index is 4.19. The van der Waals surface area contributed by atoms with E-state index in [0.717, 1.165) is 32.4 Å². The van der Waals surface area contributed by atoms with Crippen molar-refractivity contribution in [2.45, 2.75) is 73.1 Å². The van der Waals surface area contributed by atoms with Crippen molar-refractivity contribution in [3.8, 4) is 0 Å². The summed E-state index contributed by atoms with van der Waals surface area (Å²) in [6, 6.07) is 0. The van der Waals surface area contributed by atoms with Crippen LogP contribution in [0.25, 0.3) is 0 Å². The summed E-state index contributed by atoms with van der Waals surface area (Å²) >= 11 is 0. The maximum Gasteiger partial charge on any atom is 0.223 e. The zero-order valence-corrected chi connectivity index (χ0v) is 12.5. The molecular weight excluding hydrogens is 210 g/mol. The molecule has 0 aliphatic heterocycles. The smallest absolute Gasteiger partial charge is 0.223 e. The Morgan fingerprint density at radius 2 is 1.47 bits per heavy atom. The van der Waals surface area contributed by atoms with Crippen molar-refractivity contribution in [3.63, 3.8) is 0 Å². The summed E-state index contributed by atoms with van der Waals surface area (Å²) in [6.45, 7) is 12.7. The van der Waals surface area contributed by atoms with E-state index in [4.69, 9.17) is 0 Å². The normalized spacial score (nSPS) is 11.6. The molecule has 0 aliphatic rings. The minimum Gasteiger partial charge on any atom is -0.343 e. The van der Waals surface area contributed by atoms with Gasteiger partial charge in [-0.2, -0.15) is 0 Å². The van der Waals surface area contributed by atoms with Crippen LogP contribution in [0.15, 0.2) is 0 Å². The minimum atomic E-state index is 0.103. The van der Waals surface area contributed by atoms with Crippen molar-refractivity contribution in [2.75, 3.05) is 13.1 Å². The summed E-state index contributed by atoms with van der Waals surface area (Å²) in [5.41, 5.74) is 0.103. The standard InChI is InChI=1S/C15H31NO/c1-6-8-10-12-16(11-9-7-2)14(17)13-15(3,4)5/h6-13H2,1-5H3. The highest BCUT2D eigenvalue weighted by Crippen LogP contribution is 2.20. The molecule has 0 unspecified atom stereocenters. The van der Waals surface area contributed by atoms with Crippen LogP contribution in [0.5, 0.6) is 0 Å². The second-order valence-corrected chi connectivity index (χ2v) is 6.18. The summed E-state index contributed by atoms with van der Waals surface area (Å²) in [6.07, 6.45) is 6.55. The number of carbonyl (C=O) groups is 1. The highest BCUT2D eigenvalue weighted by molar-refractivity contribution is 5.76.